The van der Waals surface area contributed by atoms with E-state index in [1.54, 1.807) is 48.5 Å². The predicted octanol–water partition coefficient (Wildman–Crippen LogP) is 3.71. The first-order valence-corrected chi connectivity index (χ1v) is 8.85. The summed E-state index contributed by atoms with van der Waals surface area (Å²) in [7, 11) is 0. The van der Waals surface area contributed by atoms with Gasteiger partial charge < -0.3 is 14.5 Å². The maximum atomic E-state index is 12.3. The van der Waals surface area contributed by atoms with Crippen LogP contribution in [0, 0.1) is 0 Å². The Labute approximate surface area is 161 Å². The summed E-state index contributed by atoms with van der Waals surface area (Å²) in [6, 6.07) is 15.0. The van der Waals surface area contributed by atoms with Crippen molar-refractivity contribution in [1.82, 2.24) is 5.32 Å². The highest BCUT2D eigenvalue weighted by molar-refractivity contribution is 7.80. The molecule has 1 heterocycles. The van der Waals surface area contributed by atoms with Crippen molar-refractivity contribution < 1.29 is 13.9 Å². The minimum atomic E-state index is -0.405. The van der Waals surface area contributed by atoms with E-state index >= 15 is 0 Å². The summed E-state index contributed by atoms with van der Waals surface area (Å²) in [5, 5.41) is 6.49. The first kappa shape index (κ1) is 18.6. The molecule has 0 aliphatic rings. The number of thiocarbonyl (C=S) groups is 1. The molecule has 0 aliphatic carbocycles. The Morgan fingerprint density at radius 2 is 1.89 bits per heavy atom. The number of carbonyl (C=O) groups is 1. The van der Waals surface area contributed by atoms with Crippen LogP contribution in [0.15, 0.2) is 63.8 Å². The lowest BCUT2D eigenvalue weighted by molar-refractivity contribution is 0.0977. The van der Waals surface area contributed by atoms with Gasteiger partial charge in [-0.25, -0.2) is 4.79 Å². The van der Waals surface area contributed by atoms with Gasteiger partial charge in [-0.1, -0.05) is 6.92 Å². The smallest absolute Gasteiger partial charge is 0.336 e. The lowest BCUT2D eigenvalue weighted by atomic mass is 10.2. The molecule has 0 fully saturated rings. The van der Waals surface area contributed by atoms with Gasteiger partial charge in [0.15, 0.2) is 5.11 Å². The highest BCUT2D eigenvalue weighted by atomic mass is 32.1. The monoisotopic (exact) mass is 382 g/mol. The number of carbonyl (C=O) groups excluding carboxylic acids is 1. The summed E-state index contributed by atoms with van der Waals surface area (Å²) >= 11 is 5.20. The molecule has 2 aromatic carbocycles. The van der Waals surface area contributed by atoms with Crippen molar-refractivity contribution in [1.29, 1.82) is 0 Å². The summed E-state index contributed by atoms with van der Waals surface area (Å²) < 4.78 is 10.6. The van der Waals surface area contributed by atoms with E-state index in [1.807, 2.05) is 6.92 Å². The molecule has 0 unspecified atom stereocenters. The molecular formula is C20H18N2O4S. The normalized spacial score (nSPS) is 10.4. The average Bonchev–Trinajstić information content (AvgIpc) is 2.66. The Bertz CT molecular complexity index is 1030. The zero-order chi connectivity index (χ0) is 19.2. The van der Waals surface area contributed by atoms with Gasteiger partial charge in [0.1, 0.15) is 11.3 Å². The minimum absolute atomic E-state index is 0.169. The molecule has 1 aromatic heterocycles. The second kappa shape index (κ2) is 8.46. The van der Waals surface area contributed by atoms with Gasteiger partial charge in [-0.3, -0.25) is 10.1 Å². The van der Waals surface area contributed by atoms with Crippen molar-refractivity contribution in [2.75, 3.05) is 11.9 Å². The lowest BCUT2D eigenvalue weighted by Crippen LogP contribution is -2.34. The number of benzene rings is 2. The summed E-state index contributed by atoms with van der Waals surface area (Å²) in [4.78, 5) is 23.5. The molecule has 0 atom stereocenters. The molecule has 138 valence electrons. The van der Waals surface area contributed by atoms with Crippen LogP contribution in [-0.2, 0) is 0 Å². The Morgan fingerprint density at radius 3 is 2.63 bits per heavy atom. The van der Waals surface area contributed by atoms with Crippen molar-refractivity contribution in [3.8, 4) is 5.75 Å². The number of hydrogen-bond acceptors (Lipinski definition) is 5. The van der Waals surface area contributed by atoms with E-state index < -0.39 is 5.63 Å². The third kappa shape index (κ3) is 4.92. The van der Waals surface area contributed by atoms with Gasteiger partial charge >= 0.3 is 5.63 Å². The molecule has 1 amide bonds. The van der Waals surface area contributed by atoms with E-state index in [2.05, 4.69) is 10.6 Å². The first-order chi connectivity index (χ1) is 13.0. The Kier molecular flexibility index (Phi) is 5.83. The van der Waals surface area contributed by atoms with Crippen LogP contribution in [0.4, 0.5) is 5.69 Å². The summed E-state index contributed by atoms with van der Waals surface area (Å²) in [5.41, 5.74) is 1.22. The van der Waals surface area contributed by atoms with Gasteiger partial charge in [0.2, 0.25) is 0 Å². The first-order valence-electron chi connectivity index (χ1n) is 8.44. The molecule has 0 saturated carbocycles. The minimum Gasteiger partial charge on any atom is -0.494 e. The number of rotatable bonds is 5. The standard InChI is InChI=1S/C20H18N2O4S/c1-2-11-25-16-7-3-13(4-8-16)19(24)22-20(27)21-15-6-9-17-14(12-15)5-10-18(23)26-17/h3-10,12H,2,11H2,1H3,(H2,21,22,24,27). The van der Waals surface area contributed by atoms with Gasteiger partial charge in [0.05, 0.1) is 6.61 Å². The molecule has 3 aromatic rings. The summed E-state index contributed by atoms with van der Waals surface area (Å²) in [5.74, 6) is 0.401. The zero-order valence-electron chi connectivity index (χ0n) is 14.7. The van der Waals surface area contributed by atoms with Gasteiger partial charge in [-0.15, -0.1) is 0 Å². The zero-order valence-corrected chi connectivity index (χ0v) is 15.5. The molecule has 2 N–H and O–H groups in total. The summed E-state index contributed by atoms with van der Waals surface area (Å²) in [6.07, 6.45) is 0.920. The van der Waals surface area contributed by atoms with Crippen molar-refractivity contribution in [2.45, 2.75) is 13.3 Å². The van der Waals surface area contributed by atoms with Crippen LogP contribution >= 0.6 is 12.2 Å². The molecule has 27 heavy (non-hydrogen) atoms. The molecule has 6 nitrogen and oxygen atoms in total. The molecule has 7 heteroatoms. The average molecular weight is 382 g/mol. The van der Waals surface area contributed by atoms with Gasteiger partial charge in [-0.05, 0) is 67.2 Å². The fourth-order valence-corrected chi connectivity index (χ4v) is 2.62. The second-order valence-electron chi connectivity index (χ2n) is 5.79. The predicted molar refractivity (Wildman–Crippen MR) is 108 cm³/mol. The van der Waals surface area contributed by atoms with E-state index in [9.17, 15) is 9.59 Å². The Hall–Kier alpha value is -3.19. The van der Waals surface area contributed by atoms with Crippen LogP contribution in [0.5, 0.6) is 5.75 Å². The van der Waals surface area contributed by atoms with Crippen LogP contribution in [0.1, 0.15) is 23.7 Å². The van der Waals surface area contributed by atoms with Gasteiger partial charge in [-0.2, -0.15) is 0 Å². The van der Waals surface area contributed by atoms with Crippen LogP contribution in [0.3, 0.4) is 0 Å². The third-order valence-electron chi connectivity index (χ3n) is 3.69. The largest absolute Gasteiger partial charge is 0.494 e. The van der Waals surface area contributed by atoms with Crippen LogP contribution in [-0.4, -0.2) is 17.6 Å². The maximum Gasteiger partial charge on any atom is 0.336 e. The number of amides is 1. The molecule has 0 spiro atoms. The van der Waals surface area contributed by atoms with Crippen molar-refractivity contribution in [3.63, 3.8) is 0 Å². The number of anilines is 1. The van der Waals surface area contributed by atoms with Crippen molar-refractivity contribution >= 4 is 39.9 Å². The number of nitrogens with one attached hydrogen (secondary N) is 2. The Balaban J connectivity index is 1.62. The fourth-order valence-electron chi connectivity index (χ4n) is 2.41. The van der Waals surface area contributed by atoms with Gasteiger partial charge in [0.25, 0.3) is 5.91 Å². The van der Waals surface area contributed by atoms with E-state index in [1.165, 1.54) is 6.07 Å². The van der Waals surface area contributed by atoms with Crippen LogP contribution in [0.25, 0.3) is 11.0 Å². The van der Waals surface area contributed by atoms with Gasteiger partial charge in [0, 0.05) is 22.7 Å². The van der Waals surface area contributed by atoms with Crippen molar-refractivity contribution in [3.05, 3.63) is 70.6 Å². The Morgan fingerprint density at radius 1 is 1.11 bits per heavy atom. The molecule has 0 radical (unpaired) electrons. The molecule has 0 aliphatic heterocycles. The highest BCUT2D eigenvalue weighted by Crippen LogP contribution is 2.17. The SMILES string of the molecule is CCCOc1ccc(C(=O)NC(=S)Nc2ccc3oc(=O)ccc3c2)cc1. The number of hydrogen-bond donors (Lipinski definition) is 2. The van der Waals surface area contributed by atoms with E-state index in [4.69, 9.17) is 21.4 Å². The quantitative estimate of drug-likeness (QED) is 0.517. The molecule has 0 saturated heterocycles. The molecular weight excluding hydrogens is 364 g/mol. The second-order valence-corrected chi connectivity index (χ2v) is 6.20. The number of fused-ring (bicyclic) bond motifs is 1. The molecule has 0 bridgehead atoms. The lowest BCUT2D eigenvalue weighted by Gasteiger charge is -2.10. The molecule has 3 rings (SSSR count). The maximum absolute atomic E-state index is 12.3. The number of ether oxygens (including phenoxy) is 1. The van der Waals surface area contributed by atoms with E-state index in [-0.39, 0.29) is 11.0 Å². The van der Waals surface area contributed by atoms with E-state index in [0.717, 1.165) is 17.6 Å². The van der Waals surface area contributed by atoms with Crippen LogP contribution in [0.2, 0.25) is 0 Å². The van der Waals surface area contributed by atoms with Crippen LogP contribution < -0.4 is 21.0 Å². The topological polar surface area (TPSA) is 80.6 Å². The summed E-state index contributed by atoms with van der Waals surface area (Å²) in [6.45, 7) is 2.66. The third-order valence-corrected chi connectivity index (χ3v) is 3.90. The van der Waals surface area contributed by atoms with Crippen molar-refractivity contribution in [2.24, 2.45) is 0 Å². The fraction of sp³-hybridized carbons (Fsp3) is 0.150. The van der Waals surface area contributed by atoms with E-state index in [0.29, 0.717) is 23.4 Å². The highest BCUT2D eigenvalue weighted by Gasteiger charge is 2.09.